The number of nitrogens with one attached hydrogen (secondary N) is 1. The lowest BCUT2D eigenvalue weighted by atomic mass is 10.2. The molecule has 2 aromatic carbocycles. The van der Waals surface area contributed by atoms with Crippen LogP contribution in [0.4, 0.5) is 11.5 Å². The van der Waals surface area contributed by atoms with Crippen LogP contribution in [0.1, 0.15) is 11.4 Å². The molecule has 0 saturated carbocycles. The van der Waals surface area contributed by atoms with Crippen molar-refractivity contribution in [3.8, 4) is 17.3 Å². The van der Waals surface area contributed by atoms with Gasteiger partial charge in [-0.25, -0.2) is 14.6 Å². The first-order chi connectivity index (χ1) is 14.0. The molecular formula is C21H20ClN5O2. The van der Waals surface area contributed by atoms with E-state index in [1.165, 1.54) is 0 Å². The molecule has 8 heteroatoms. The van der Waals surface area contributed by atoms with E-state index in [1.54, 1.807) is 37.1 Å². The van der Waals surface area contributed by atoms with Crippen LogP contribution in [0.15, 0.2) is 42.5 Å². The van der Waals surface area contributed by atoms with E-state index in [0.717, 1.165) is 22.6 Å². The smallest absolute Gasteiger partial charge is 0.197 e. The van der Waals surface area contributed by atoms with E-state index < -0.39 is 0 Å². The minimum atomic E-state index is 0.550. The van der Waals surface area contributed by atoms with Crippen LogP contribution in [0, 0.1) is 13.8 Å². The van der Waals surface area contributed by atoms with E-state index in [4.69, 9.17) is 31.0 Å². The third kappa shape index (κ3) is 3.69. The van der Waals surface area contributed by atoms with Crippen molar-refractivity contribution >= 4 is 34.1 Å². The summed E-state index contributed by atoms with van der Waals surface area (Å²) in [5, 5.41) is 8.51. The van der Waals surface area contributed by atoms with Crippen molar-refractivity contribution in [1.29, 1.82) is 0 Å². The van der Waals surface area contributed by atoms with Gasteiger partial charge in [-0.3, -0.25) is 0 Å². The summed E-state index contributed by atoms with van der Waals surface area (Å²) in [5.41, 5.74) is 3.98. The molecule has 0 aliphatic carbocycles. The number of hydrogen-bond donors (Lipinski definition) is 1. The minimum Gasteiger partial charge on any atom is -0.497 e. The van der Waals surface area contributed by atoms with Gasteiger partial charge in [-0.1, -0.05) is 11.6 Å². The Hall–Kier alpha value is -3.32. The first-order valence-electron chi connectivity index (χ1n) is 8.98. The van der Waals surface area contributed by atoms with Gasteiger partial charge in [0.05, 0.1) is 36.6 Å². The Bertz CT molecular complexity index is 1210. The molecule has 0 aliphatic rings. The van der Waals surface area contributed by atoms with Gasteiger partial charge < -0.3 is 14.8 Å². The van der Waals surface area contributed by atoms with Crippen molar-refractivity contribution < 1.29 is 9.47 Å². The fourth-order valence-electron chi connectivity index (χ4n) is 3.12. The lowest BCUT2D eigenvalue weighted by Gasteiger charge is -2.15. The van der Waals surface area contributed by atoms with Crippen molar-refractivity contribution in [2.75, 3.05) is 19.5 Å². The lowest BCUT2D eigenvalue weighted by Crippen LogP contribution is -2.09. The van der Waals surface area contributed by atoms with Crippen molar-refractivity contribution in [2.45, 2.75) is 13.8 Å². The highest BCUT2D eigenvalue weighted by Crippen LogP contribution is 2.33. The second kappa shape index (κ2) is 7.60. The van der Waals surface area contributed by atoms with Gasteiger partial charge in [0.1, 0.15) is 11.5 Å². The second-order valence-electron chi connectivity index (χ2n) is 6.56. The molecule has 0 bridgehead atoms. The van der Waals surface area contributed by atoms with Crippen LogP contribution in [0.25, 0.3) is 16.9 Å². The molecule has 4 aromatic rings. The third-order valence-corrected chi connectivity index (χ3v) is 4.71. The molecule has 29 heavy (non-hydrogen) atoms. The van der Waals surface area contributed by atoms with E-state index in [2.05, 4.69) is 10.4 Å². The summed E-state index contributed by atoms with van der Waals surface area (Å²) < 4.78 is 12.6. The quantitative estimate of drug-likeness (QED) is 0.508. The van der Waals surface area contributed by atoms with Gasteiger partial charge in [-0.2, -0.15) is 5.10 Å². The van der Waals surface area contributed by atoms with Gasteiger partial charge in [-0.15, -0.1) is 0 Å². The number of nitrogens with zero attached hydrogens (tertiary/aromatic N) is 4. The monoisotopic (exact) mass is 409 g/mol. The van der Waals surface area contributed by atoms with E-state index in [0.29, 0.717) is 33.7 Å². The second-order valence-corrected chi connectivity index (χ2v) is 7.00. The summed E-state index contributed by atoms with van der Waals surface area (Å²) in [6.07, 6.45) is 0. The SMILES string of the molecule is COc1ccc(Nc2nc3ccc(Cl)cc3nc2-n2nc(C)cc2C)c(OC)c1. The van der Waals surface area contributed by atoms with Crippen LogP contribution in [0.5, 0.6) is 11.5 Å². The Morgan fingerprint density at radius 3 is 2.45 bits per heavy atom. The number of aromatic nitrogens is 4. The third-order valence-electron chi connectivity index (χ3n) is 4.48. The van der Waals surface area contributed by atoms with Crippen LogP contribution in [-0.2, 0) is 0 Å². The highest BCUT2D eigenvalue weighted by Gasteiger charge is 2.16. The van der Waals surface area contributed by atoms with Gasteiger partial charge in [-0.05, 0) is 50.2 Å². The molecule has 0 aliphatic heterocycles. The predicted molar refractivity (Wildman–Crippen MR) is 114 cm³/mol. The lowest BCUT2D eigenvalue weighted by molar-refractivity contribution is 0.395. The zero-order valence-corrected chi connectivity index (χ0v) is 17.3. The van der Waals surface area contributed by atoms with Gasteiger partial charge >= 0.3 is 0 Å². The number of anilines is 2. The topological polar surface area (TPSA) is 74.1 Å². The van der Waals surface area contributed by atoms with Crippen LogP contribution in [0.2, 0.25) is 5.02 Å². The molecule has 1 N–H and O–H groups in total. The summed E-state index contributed by atoms with van der Waals surface area (Å²) in [4.78, 5) is 9.57. The molecule has 0 spiro atoms. The molecule has 0 unspecified atom stereocenters. The number of aryl methyl sites for hydroxylation is 2. The van der Waals surface area contributed by atoms with Crippen molar-refractivity contribution in [2.24, 2.45) is 0 Å². The van der Waals surface area contributed by atoms with Crippen LogP contribution in [-0.4, -0.2) is 34.0 Å². The molecule has 148 valence electrons. The van der Waals surface area contributed by atoms with Crippen LogP contribution >= 0.6 is 11.6 Å². The van der Waals surface area contributed by atoms with Gasteiger partial charge in [0.25, 0.3) is 0 Å². The zero-order valence-electron chi connectivity index (χ0n) is 16.5. The number of rotatable bonds is 5. The molecule has 4 rings (SSSR count). The standard InChI is InChI=1S/C21H20ClN5O2/c1-12-9-13(2)27(26-12)21-20(23-16-7-5-14(22)10-18(16)25-21)24-17-8-6-15(28-3)11-19(17)29-4/h5-11H,1-4H3,(H,23,24). The fraction of sp³-hybridized carbons (Fsp3) is 0.190. The molecule has 2 heterocycles. The number of halogens is 1. The Morgan fingerprint density at radius 2 is 1.76 bits per heavy atom. The van der Waals surface area contributed by atoms with Gasteiger partial charge in [0, 0.05) is 16.8 Å². The van der Waals surface area contributed by atoms with Crippen molar-refractivity contribution in [1.82, 2.24) is 19.7 Å². The largest absolute Gasteiger partial charge is 0.497 e. The Morgan fingerprint density at radius 1 is 0.931 bits per heavy atom. The first kappa shape index (κ1) is 19.0. The Kier molecular flexibility index (Phi) is 4.98. The fourth-order valence-corrected chi connectivity index (χ4v) is 3.29. The van der Waals surface area contributed by atoms with E-state index >= 15 is 0 Å². The number of methoxy groups -OCH3 is 2. The van der Waals surface area contributed by atoms with Crippen LogP contribution in [0.3, 0.4) is 0 Å². The van der Waals surface area contributed by atoms with E-state index in [1.807, 2.05) is 38.1 Å². The molecule has 2 aromatic heterocycles. The average Bonchev–Trinajstić information content (AvgIpc) is 3.05. The number of benzene rings is 2. The predicted octanol–water partition coefficient (Wildman–Crippen LogP) is 4.85. The molecule has 0 atom stereocenters. The molecule has 0 radical (unpaired) electrons. The summed E-state index contributed by atoms with van der Waals surface area (Å²) in [6, 6.07) is 12.9. The summed E-state index contributed by atoms with van der Waals surface area (Å²) in [5.74, 6) is 2.45. The molecule has 0 saturated heterocycles. The minimum absolute atomic E-state index is 0.550. The zero-order chi connectivity index (χ0) is 20.5. The van der Waals surface area contributed by atoms with Crippen molar-refractivity contribution in [3.05, 3.63) is 58.9 Å². The Labute approximate surface area is 173 Å². The highest BCUT2D eigenvalue weighted by atomic mass is 35.5. The summed E-state index contributed by atoms with van der Waals surface area (Å²) >= 11 is 6.16. The number of hydrogen-bond acceptors (Lipinski definition) is 6. The van der Waals surface area contributed by atoms with Crippen molar-refractivity contribution in [3.63, 3.8) is 0 Å². The summed E-state index contributed by atoms with van der Waals surface area (Å²) in [7, 11) is 3.22. The molecule has 0 fully saturated rings. The maximum atomic E-state index is 6.16. The number of fused-ring (bicyclic) bond motifs is 1. The number of ether oxygens (including phenoxy) is 2. The normalized spacial score (nSPS) is 10.9. The molecule has 0 amide bonds. The molecular weight excluding hydrogens is 390 g/mol. The maximum absolute atomic E-state index is 6.16. The summed E-state index contributed by atoms with van der Waals surface area (Å²) in [6.45, 7) is 3.91. The first-order valence-corrected chi connectivity index (χ1v) is 9.36. The van der Waals surface area contributed by atoms with E-state index in [9.17, 15) is 0 Å². The average molecular weight is 410 g/mol. The van der Waals surface area contributed by atoms with Gasteiger partial charge in [0.2, 0.25) is 0 Å². The maximum Gasteiger partial charge on any atom is 0.197 e. The van der Waals surface area contributed by atoms with Crippen LogP contribution < -0.4 is 14.8 Å². The van der Waals surface area contributed by atoms with E-state index in [-0.39, 0.29) is 0 Å². The highest BCUT2D eigenvalue weighted by molar-refractivity contribution is 6.31. The van der Waals surface area contributed by atoms with Gasteiger partial charge in [0.15, 0.2) is 11.6 Å². The Balaban J connectivity index is 1.90. The molecule has 7 nitrogen and oxygen atoms in total.